The molecule has 9 heteroatoms. The number of benzene rings is 1. The maximum atomic E-state index is 13.4. The lowest BCUT2D eigenvalue weighted by Crippen LogP contribution is -2.54. The Hall–Kier alpha value is -2.39. The highest BCUT2D eigenvalue weighted by Crippen LogP contribution is 2.70. The molecule has 1 aliphatic heterocycles. The van der Waals surface area contributed by atoms with Crippen molar-refractivity contribution in [2.75, 3.05) is 0 Å². The van der Waals surface area contributed by atoms with E-state index in [1.54, 1.807) is 24.3 Å². The van der Waals surface area contributed by atoms with Gasteiger partial charge in [-0.3, -0.25) is 4.79 Å². The van der Waals surface area contributed by atoms with Crippen LogP contribution in [0.3, 0.4) is 0 Å². The van der Waals surface area contributed by atoms with Crippen LogP contribution in [-0.4, -0.2) is 46.6 Å². The number of ketones is 1. The van der Waals surface area contributed by atoms with Gasteiger partial charge in [0.25, 0.3) is 5.16 Å². The molecule has 0 spiro atoms. The number of hydrogen-bond donors (Lipinski definition) is 0. The molecule has 39 heavy (non-hydrogen) atoms. The minimum Gasteiger partial charge on any atom is -0.365 e. The summed E-state index contributed by atoms with van der Waals surface area (Å²) < 4.78 is 34.6. The molecule has 9 atom stereocenters. The lowest BCUT2D eigenvalue weighted by Gasteiger charge is -2.57. The Balaban J connectivity index is 1.13. The van der Waals surface area contributed by atoms with Gasteiger partial charge in [-0.2, -0.15) is 0 Å². The van der Waals surface area contributed by atoms with E-state index in [-0.39, 0.29) is 44.8 Å². The van der Waals surface area contributed by atoms with E-state index >= 15 is 0 Å². The van der Waals surface area contributed by atoms with Gasteiger partial charge in [0.2, 0.25) is 9.84 Å². The van der Waals surface area contributed by atoms with Crippen LogP contribution in [0, 0.1) is 47.3 Å². The predicted octanol–water partition coefficient (Wildman–Crippen LogP) is 4.59. The number of epoxide rings is 1. The van der Waals surface area contributed by atoms with Gasteiger partial charge in [0.1, 0.15) is 6.10 Å². The molecule has 0 N–H and O–H groups in total. The summed E-state index contributed by atoms with van der Waals surface area (Å²) in [5.74, 6) is 2.63. The van der Waals surface area contributed by atoms with Crippen molar-refractivity contribution in [1.82, 2.24) is 20.2 Å². The summed E-state index contributed by atoms with van der Waals surface area (Å²) in [5, 5.41) is 11.8. The lowest BCUT2D eigenvalue weighted by molar-refractivity contribution is -0.117. The van der Waals surface area contributed by atoms with Crippen molar-refractivity contribution in [2.45, 2.75) is 95.0 Å². The summed E-state index contributed by atoms with van der Waals surface area (Å²) in [4.78, 5) is 12.5. The molecule has 4 aliphatic carbocycles. The Morgan fingerprint density at radius 2 is 1.87 bits per heavy atom. The summed E-state index contributed by atoms with van der Waals surface area (Å²) >= 11 is 0. The minimum atomic E-state index is -3.81. The van der Waals surface area contributed by atoms with E-state index in [0.29, 0.717) is 36.6 Å². The van der Waals surface area contributed by atoms with Crippen LogP contribution in [0.15, 0.2) is 46.0 Å². The first-order valence-electron chi connectivity index (χ1n) is 14.5. The third-order valence-electron chi connectivity index (χ3n) is 11.5. The van der Waals surface area contributed by atoms with Gasteiger partial charge in [0.05, 0.1) is 11.0 Å². The second-order valence-electron chi connectivity index (χ2n) is 13.5. The maximum absolute atomic E-state index is 13.4. The first kappa shape index (κ1) is 25.6. The number of aromatic nitrogens is 4. The van der Waals surface area contributed by atoms with Gasteiger partial charge in [0, 0.05) is 13.0 Å². The van der Waals surface area contributed by atoms with Crippen molar-refractivity contribution in [3.8, 4) is 0 Å². The topological polar surface area (TPSA) is 107 Å². The van der Waals surface area contributed by atoms with Gasteiger partial charge in [-0.05, 0) is 114 Å². The molecule has 5 aliphatic rings. The highest BCUT2D eigenvalue weighted by molar-refractivity contribution is 7.91. The smallest absolute Gasteiger partial charge is 0.272 e. The van der Waals surface area contributed by atoms with Crippen LogP contribution in [0.1, 0.15) is 64.9 Å². The van der Waals surface area contributed by atoms with Gasteiger partial charge < -0.3 is 4.74 Å². The van der Waals surface area contributed by atoms with E-state index in [0.717, 1.165) is 31.2 Å². The number of tetrazole rings is 1. The van der Waals surface area contributed by atoms with Crippen molar-refractivity contribution in [3.05, 3.63) is 41.5 Å². The fraction of sp³-hybridized carbons (Fsp3) is 0.667. The number of carbonyl (C=O) groups excluding carboxylic acids is 1. The average molecular weight is 551 g/mol. The number of hydrogen-bond acceptors (Lipinski definition) is 7. The molecule has 208 valence electrons. The zero-order valence-electron chi connectivity index (χ0n) is 23.2. The van der Waals surface area contributed by atoms with Crippen molar-refractivity contribution in [1.29, 1.82) is 0 Å². The van der Waals surface area contributed by atoms with E-state index in [1.807, 2.05) is 13.0 Å². The Labute approximate surface area is 230 Å². The zero-order chi connectivity index (χ0) is 27.3. The molecule has 4 unspecified atom stereocenters. The molecular weight excluding hydrogens is 512 g/mol. The molecule has 2 aromatic rings. The lowest BCUT2D eigenvalue weighted by atomic mass is 9.46. The molecule has 3 saturated carbocycles. The van der Waals surface area contributed by atoms with Crippen molar-refractivity contribution in [3.63, 3.8) is 0 Å². The zero-order valence-corrected chi connectivity index (χ0v) is 24.0. The molecule has 1 aromatic heterocycles. The summed E-state index contributed by atoms with van der Waals surface area (Å²) in [6.45, 7) is 9.51. The number of nitrogens with zero attached hydrogens (tertiary/aromatic N) is 4. The van der Waals surface area contributed by atoms with E-state index < -0.39 is 9.84 Å². The van der Waals surface area contributed by atoms with Gasteiger partial charge in [0.15, 0.2) is 5.78 Å². The van der Waals surface area contributed by atoms with Gasteiger partial charge in [-0.1, -0.05) is 43.6 Å². The van der Waals surface area contributed by atoms with Crippen LogP contribution in [0.5, 0.6) is 0 Å². The predicted molar refractivity (Wildman–Crippen MR) is 143 cm³/mol. The van der Waals surface area contributed by atoms with Gasteiger partial charge in [-0.25, -0.2) is 13.1 Å². The molecule has 2 heterocycles. The summed E-state index contributed by atoms with van der Waals surface area (Å²) in [7, 11) is -3.81. The third kappa shape index (κ3) is 3.68. The summed E-state index contributed by atoms with van der Waals surface area (Å²) in [6.07, 6.45) is 8.54. The molecule has 0 bridgehead atoms. The highest BCUT2D eigenvalue weighted by atomic mass is 32.2. The number of sulfone groups is 1. The maximum Gasteiger partial charge on any atom is 0.272 e. The minimum absolute atomic E-state index is 0.0763. The largest absolute Gasteiger partial charge is 0.365 e. The van der Waals surface area contributed by atoms with Crippen LogP contribution < -0.4 is 0 Å². The second kappa shape index (κ2) is 8.56. The van der Waals surface area contributed by atoms with Gasteiger partial charge in [-0.15, -0.1) is 0 Å². The molecule has 1 aromatic carbocycles. The molecule has 7 rings (SSSR count). The van der Waals surface area contributed by atoms with Crippen molar-refractivity contribution >= 4 is 15.6 Å². The van der Waals surface area contributed by atoms with E-state index in [4.69, 9.17) is 4.74 Å². The number of fused-ring (bicyclic) bond motifs is 8. The summed E-state index contributed by atoms with van der Waals surface area (Å²) in [6, 6.07) is 6.83. The standard InChI is InChI=1S/C30H38N4O4S/c1-17-5-7-20(8-6-17)39(36,37)28-31-32-33-34(28)16-18(2)21-9-10-22-25-23(12-14-29(21,22)3)30(4)13-11-19(35)15-24(30)26-27(25)38-26/h5-8,15,18,21-23,25-27H,9-14,16H2,1-4H3/t18-,21?,22?,23?,25?,26-,27+,29-,30-/m1/s1. The van der Waals surface area contributed by atoms with Crippen LogP contribution in [0.2, 0.25) is 0 Å². The molecular formula is C30H38N4O4S. The Kier molecular flexibility index (Phi) is 5.61. The molecule has 0 amide bonds. The Morgan fingerprint density at radius 3 is 2.64 bits per heavy atom. The molecule has 0 radical (unpaired) electrons. The summed E-state index contributed by atoms with van der Waals surface area (Å²) in [5.41, 5.74) is 2.52. The number of aryl methyl sites for hydroxylation is 1. The second-order valence-corrected chi connectivity index (χ2v) is 15.3. The van der Waals surface area contributed by atoms with Crippen molar-refractivity contribution < 1.29 is 17.9 Å². The number of carbonyl (C=O) groups is 1. The van der Waals surface area contributed by atoms with E-state index in [2.05, 4.69) is 36.3 Å². The van der Waals surface area contributed by atoms with Crippen LogP contribution in [0.4, 0.5) is 0 Å². The number of rotatable bonds is 5. The molecule has 4 fully saturated rings. The van der Waals surface area contributed by atoms with Crippen molar-refractivity contribution in [2.24, 2.45) is 40.4 Å². The molecule has 8 nitrogen and oxygen atoms in total. The highest BCUT2D eigenvalue weighted by Gasteiger charge is 2.69. The van der Waals surface area contributed by atoms with E-state index in [9.17, 15) is 13.2 Å². The Bertz CT molecular complexity index is 1470. The van der Waals surface area contributed by atoms with Gasteiger partial charge >= 0.3 is 0 Å². The van der Waals surface area contributed by atoms with Crippen LogP contribution in [0.25, 0.3) is 0 Å². The third-order valence-corrected chi connectivity index (χ3v) is 13.2. The average Bonchev–Trinajstić information content (AvgIpc) is 3.40. The fourth-order valence-corrected chi connectivity index (χ4v) is 10.7. The first-order chi connectivity index (χ1) is 18.5. The number of ether oxygens (including phenoxy) is 1. The quantitative estimate of drug-likeness (QED) is 0.501. The fourth-order valence-electron chi connectivity index (χ4n) is 9.51. The molecule has 1 saturated heterocycles. The monoisotopic (exact) mass is 550 g/mol. The van der Waals surface area contributed by atoms with Crippen LogP contribution in [-0.2, 0) is 25.9 Å². The SMILES string of the molecule is Cc1ccc(S(=O)(=O)c2nnnn2C[C@@H](C)C2CCC3C4C(CC[C@@]32C)[C@@]2(C)CCC(=O)C=C2[C@H]2O[C@@H]42)cc1. The van der Waals surface area contributed by atoms with Crippen LogP contribution >= 0.6 is 0 Å². The Morgan fingerprint density at radius 1 is 1.10 bits per heavy atom. The van der Waals surface area contributed by atoms with E-state index in [1.165, 1.54) is 16.7 Å². The first-order valence-corrected chi connectivity index (χ1v) is 16.0. The normalized spacial score (nSPS) is 39.7.